The molecule has 0 spiro atoms. The number of sulfonamides is 1. The van der Waals surface area contributed by atoms with E-state index in [0.29, 0.717) is 17.0 Å². The number of aromatic nitrogens is 4. The van der Waals surface area contributed by atoms with E-state index in [1.807, 2.05) is 24.3 Å². The quantitative estimate of drug-likeness (QED) is 0.343. The van der Waals surface area contributed by atoms with Crippen molar-refractivity contribution in [3.05, 3.63) is 71.5 Å². The van der Waals surface area contributed by atoms with Gasteiger partial charge in [-0.1, -0.05) is 30.3 Å². The highest BCUT2D eigenvalue weighted by Gasteiger charge is 2.37. The fraction of sp³-hybridized carbons (Fsp3) is 0.182. The molecule has 12 heteroatoms. The predicted molar refractivity (Wildman–Crippen MR) is 126 cm³/mol. The molecule has 2 amide bonds. The Morgan fingerprint density at radius 2 is 1.85 bits per heavy atom. The third-order valence-corrected chi connectivity index (χ3v) is 6.90. The lowest BCUT2D eigenvalue weighted by Gasteiger charge is -2.33. The number of hydrogen-bond donors (Lipinski definition) is 4. The summed E-state index contributed by atoms with van der Waals surface area (Å²) < 4.78 is 26.0. The van der Waals surface area contributed by atoms with Gasteiger partial charge in [0.15, 0.2) is 0 Å². The third-order valence-electron chi connectivity index (χ3n) is 5.66. The number of hydrogen-bond acceptors (Lipinski definition) is 6. The molecular formula is C22H21N7O4S. The van der Waals surface area contributed by atoms with Crippen LogP contribution < -0.4 is 10.6 Å². The van der Waals surface area contributed by atoms with Gasteiger partial charge in [0.1, 0.15) is 11.6 Å². The van der Waals surface area contributed by atoms with Crippen LogP contribution in [-0.4, -0.2) is 56.8 Å². The first-order chi connectivity index (χ1) is 16.3. The second kappa shape index (κ2) is 8.39. The average molecular weight is 480 g/mol. The minimum atomic E-state index is -3.64. The molecule has 11 nitrogen and oxygen atoms in total. The number of nitrogens with one attached hydrogen (secondary N) is 4. The van der Waals surface area contributed by atoms with E-state index in [2.05, 4.69) is 30.6 Å². The Bertz CT molecular complexity index is 1490. The Hall–Kier alpha value is -4.03. The molecule has 4 aromatic rings. The molecule has 174 valence electrons. The first-order valence-corrected chi connectivity index (χ1v) is 12.3. The van der Waals surface area contributed by atoms with Gasteiger partial charge in [0.25, 0.3) is 5.91 Å². The van der Waals surface area contributed by atoms with E-state index in [4.69, 9.17) is 0 Å². The van der Waals surface area contributed by atoms with Crippen LogP contribution >= 0.6 is 0 Å². The number of fused-ring (bicyclic) bond motifs is 2. The Kier molecular flexibility index (Phi) is 5.38. The number of carbonyl (C=O) groups is 2. The largest absolute Gasteiger partial charge is 0.331 e. The van der Waals surface area contributed by atoms with Gasteiger partial charge < -0.3 is 9.97 Å². The molecule has 2 aromatic heterocycles. The molecule has 0 fully saturated rings. The van der Waals surface area contributed by atoms with Gasteiger partial charge in [0.05, 0.1) is 17.3 Å². The van der Waals surface area contributed by atoms with Crippen LogP contribution in [0.3, 0.4) is 0 Å². The first kappa shape index (κ1) is 21.8. The van der Waals surface area contributed by atoms with E-state index in [0.717, 1.165) is 17.4 Å². The average Bonchev–Trinajstić information content (AvgIpc) is 3.46. The van der Waals surface area contributed by atoms with Crippen molar-refractivity contribution >= 4 is 44.8 Å². The van der Waals surface area contributed by atoms with E-state index in [9.17, 15) is 18.0 Å². The zero-order chi connectivity index (χ0) is 23.9. The third kappa shape index (κ3) is 4.16. The van der Waals surface area contributed by atoms with Crippen LogP contribution in [-0.2, 0) is 27.8 Å². The van der Waals surface area contributed by atoms with Crippen LogP contribution in [0.15, 0.2) is 54.9 Å². The Labute approximate surface area is 194 Å². The van der Waals surface area contributed by atoms with E-state index in [1.54, 1.807) is 24.4 Å². The highest BCUT2D eigenvalue weighted by Crippen LogP contribution is 2.27. The van der Waals surface area contributed by atoms with E-state index >= 15 is 0 Å². The minimum Gasteiger partial charge on any atom is -0.331 e. The van der Waals surface area contributed by atoms with Crippen molar-refractivity contribution in [2.24, 2.45) is 0 Å². The summed E-state index contributed by atoms with van der Waals surface area (Å²) in [5, 5.41) is 5.33. The molecule has 2 aromatic carbocycles. The Balaban J connectivity index is 1.41. The van der Waals surface area contributed by atoms with E-state index in [1.165, 1.54) is 10.5 Å². The predicted octanol–water partition coefficient (Wildman–Crippen LogP) is 1.86. The monoisotopic (exact) mass is 479 g/mol. The van der Waals surface area contributed by atoms with Crippen LogP contribution in [0.1, 0.15) is 21.5 Å². The lowest BCUT2D eigenvalue weighted by Crippen LogP contribution is -2.50. The molecule has 5 rings (SSSR count). The number of rotatable bonds is 5. The van der Waals surface area contributed by atoms with Gasteiger partial charge in [-0.25, -0.2) is 18.4 Å². The van der Waals surface area contributed by atoms with Gasteiger partial charge in [-0.05, 0) is 29.7 Å². The second-order valence-corrected chi connectivity index (χ2v) is 9.90. The molecule has 3 heterocycles. The molecule has 0 aliphatic carbocycles. The number of anilines is 2. The number of para-hydroxylation sites is 1. The van der Waals surface area contributed by atoms with Crippen LogP contribution in [0.4, 0.5) is 11.9 Å². The number of imidazole rings is 2. The summed E-state index contributed by atoms with van der Waals surface area (Å²) in [5.41, 5.74) is 2.97. The number of nitrogens with zero attached hydrogens (tertiary/aromatic N) is 3. The van der Waals surface area contributed by atoms with Gasteiger partial charge in [-0.15, -0.1) is 0 Å². The molecule has 0 unspecified atom stereocenters. The molecule has 0 saturated carbocycles. The van der Waals surface area contributed by atoms with Crippen LogP contribution in [0.2, 0.25) is 0 Å². The van der Waals surface area contributed by atoms with Gasteiger partial charge >= 0.3 is 0 Å². The zero-order valence-electron chi connectivity index (χ0n) is 18.1. The normalized spacial score (nSPS) is 16.2. The highest BCUT2D eigenvalue weighted by molar-refractivity contribution is 7.88. The minimum absolute atomic E-state index is 0.115. The van der Waals surface area contributed by atoms with Gasteiger partial charge in [-0.3, -0.25) is 20.2 Å². The van der Waals surface area contributed by atoms with Crippen molar-refractivity contribution in [1.29, 1.82) is 0 Å². The van der Waals surface area contributed by atoms with E-state index < -0.39 is 27.9 Å². The summed E-state index contributed by atoms with van der Waals surface area (Å²) in [7, 11) is -3.64. The standard InChI is InChI=1S/C22H21N7O4S/c1-34(32,33)29-12-14-6-3-2-5-13(14)11-17(29)20(31)28-22-25-16-8-4-7-15(18(16)26-22)19(30)27-21-23-9-10-24-21/h2-10,17H,11-12H2,1H3,(H2,23,24,27,30)(H2,25,26,28,31)/t17-/m0/s1. The van der Waals surface area contributed by atoms with E-state index in [-0.39, 0.29) is 24.5 Å². The molecule has 1 aliphatic rings. The van der Waals surface area contributed by atoms with Crippen molar-refractivity contribution in [3.8, 4) is 0 Å². The lowest BCUT2D eigenvalue weighted by molar-refractivity contribution is -0.120. The maximum Gasteiger partial charge on any atom is 0.260 e. The number of benzene rings is 2. The highest BCUT2D eigenvalue weighted by atomic mass is 32.2. The van der Waals surface area contributed by atoms with Crippen LogP contribution in [0.5, 0.6) is 0 Å². The maximum absolute atomic E-state index is 13.2. The number of aromatic amines is 2. The van der Waals surface area contributed by atoms with Crippen molar-refractivity contribution in [2.75, 3.05) is 16.9 Å². The molecule has 1 aliphatic heterocycles. The van der Waals surface area contributed by atoms with Crippen molar-refractivity contribution < 1.29 is 18.0 Å². The summed E-state index contributed by atoms with van der Waals surface area (Å²) in [4.78, 5) is 40.0. The molecular weight excluding hydrogens is 458 g/mol. The summed E-state index contributed by atoms with van der Waals surface area (Å²) in [5.74, 6) is -0.521. The Morgan fingerprint density at radius 1 is 1.06 bits per heavy atom. The fourth-order valence-electron chi connectivity index (χ4n) is 4.05. The summed E-state index contributed by atoms with van der Waals surface area (Å²) in [6, 6.07) is 11.5. The molecule has 0 saturated heterocycles. The maximum atomic E-state index is 13.2. The molecule has 1 atom stereocenters. The molecule has 0 radical (unpaired) electrons. The summed E-state index contributed by atoms with van der Waals surface area (Å²) in [6.07, 6.45) is 4.43. The van der Waals surface area contributed by atoms with Gasteiger partial charge in [0.2, 0.25) is 27.8 Å². The number of carbonyl (C=O) groups excluding carboxylic acids is 2. The molecule has 0 bridgehead atoms. The smallest absolute Gasteiger partial charge is 0.260 e. The topological polar surface area (TPSA) is 153 Å². The molecule has 34 heavy (non-hydrogen) atoms. The van der Waals surface area contributed by atoms with Gasteiger partial charge in [-0.2, -0.15) is 4.31 Å². The first-order valence-electron chi connectivity index (χ1n) is 10.4. The number of amides is 2. The van der Waals surface area contributed by atoms with Crippen LogP contribution in [0, 0.1) is 0 Å². The van der Waals surface area contributed by atoms with Crippen molar-refractivity contribution in [3.63, 3.8) is 0 Å². The number of H-pyrrole nitrogens is 2. The second-order valence-electron chi connectivity index (χ2n) is 7.97. The molecule has 4 N–H and O–H groups in total. The summed E-state index contributed by atoms with van der Waals surface area (Å²) in [6.45, 7) is 0.115. The fourth-order valence-corrected chi connectivity index (χ4v) is 5.06. The van der Waals surface area contributed by atoms with Gasteiger partial charge in [0, 0.05) is 18.9 Å². The SMILES string of the molecule is CS(=O)(=O)N1Cc2ccccc2C[C@H]1C(=O)Nc1nc2c(C(=O)Nc3ncc[nH]3)cccc2[nH]1. The Morgan fingerprint density at radius 3 is 2.59 bits per heavy atom. The van der Waals surface area contributed by atoms with Crippen LogP contribution in [0.25, 0.3) is 11.0 Å². The zero-order valence-corrected chi connectivity index (χ0v) is 18.9. The summed E-state index contributed by atoms with van der Waals surface area (Å²) >= 11 is 0. The van der Waals surface area contributed by atoms with Crippen molar-refractivity contribution in [2.45, 2.75) is 19.0 Å². The lowest BCUT2D eigenvalue weighted by atomic mass is 9.95. The van der Waals surface area contributed by atoms with Crippen molar-refractivity contribution in [1.82, 2.24) is 24.2 Å².